The first kappa shape index (κ1) is 10.7. The van der Waals surface area contributed by atoms with Gasteiger partial charge in [0.2, 0.25) is 5.91 Å². The van der Waals surface area contributed by atoms with Crippen LogP contribution in [0.1, 0.15) is 19.8 Å². The van der Waals surface area contributed by atoms with Crippen molar-refractivity contribution in [2.45, 2.75) is 19.8 Å². The van der Waals surface area contributed by atoms with Crippen LogP contribution in [0.15, 0.2) is 28.7 Å². The molecule has 1 fully saturated rings. The summed E-state index contributed by atoms with van der Waals surface area (Å²) in [6.45, 7) is 2.00. The zero-order chi connectivity index (χ0) is 10.8. The maximum absolute atomic E-state index is 11.8. The molecule has 0 bridgehead atoms. The number of halogens is 1. The number of hydrogen-bond donors (Lipinski definition) is 1. The fourth-order valence-electron chi connectivity index (χ4n) is 1.62. The first-order valence-electron chi connectivity index (χ1n) is 5.24. The number of benzene rings is 1. The van der Waals surface area contributed by atoms with Crippen molar-refractivity contribution in [3.63, 3.8) is 0 Å². The van der Waals surface area contributed by atoms with Crippen LogP contribution >= 0.6 is 15.9 Å². The third-order valence-corrected chi connectivity index (χ3v) is 3.57. The summed E-state index contributed by atoms with van der Waals surface area (Å²) in [5, 5.41) is 2.95. The minimum Gasteiger partial charge on any atom is -0.325 e. The van der Waals surface area contributed by atoms with Crippen molar-refractivity contribution in [3.8, 4) is 0 Å². The van der Waals surface area contributed by atoms with E-state index in [0.29, 0.717) is 5.92 Å². The first-order valence-corrected chi connectivity index (χ1v) is 6.03. The van der Waals surface area contributed by atoms with Gasteiger partial charge in [-0.3, -0.25) is 4.79 Å². The normalized spacial score (nSPS) is 17.2. The number of amides is 1. The molecule has 1 unspecified atom stereocenters. The molecule has 1 aliphatic rings. The quantitative estimate of drug-likeness (QED) is 0.894. The molecule has 0 saturated heterocycles. The highest BCUT2D eigenvalue weighted by Gasteiger charge is 2.32. The molecule has 0 aliphatic heterocycles. The zero-order valence-corrected chi connectivity index (χ0v) is 10.3. The Kier molecular flexibility index (Phi) is 3.10. The summed E-state index contributed by atoms with van der Waals surface area (Å²) in [4.78, 5) is 11.8. The van der Waals surface area contributed by atoms with Crippen LogP contribution in [0.5, 0.6) is 0 Å². The van der Waals surface area contributed by atoms with Crippen molar-refractivity contribution in [1.29, 1.82) is 0 Å². The Morgan fingerprint density at radius 1 is 1.47 bits per heavy atom. The molecule has 1 aliphatic carbocycles. The summed E-state index contributed by atoms with van der Waals surface area (Å²) >= 11 is 3.41. The lowest BCUT2D eigenvalue weighted by molar-refractivity contribution is -0.119. The summed E-state index contributed by atoms with van der Waals surface area (Å²) in [6.07, 6.45) is 2.40. The van der Waals surface area contributed by atoms with Crippen LogP contribution < -0.4 is 5.32 Å². The SMILES string of the molecule is CC(C(=O)Nc1ccccc1Br)C1CC1. The first-order chi connectivity index (χ1) is 7.18. The van der Waals surface area contributed by atoms with Crippen molar-refractivity contribution in [1.82, 2.24) is 0 Å². The van der Waals surface area contributed by atoms with Crippen molar-refractivity contribution in [2.75, 3.05) is 5.32 Å². The Balaban J connectivity index is 2.02. The van der Waals surface area contributed by atoms with Crippen LogP contribution in [0.2, 0.25) is 0 Å². The average Bonchev–Trinajstić information content (AvgIpc) is 3.04. The van der Waals surface area contributed by atoms with Gasteiger partial charge in [0, 0.05) is 10.4 Å². The molecule has 2 nitrogen and oxygen atoms in total. The highest BCUT2D eigenvalue weighted by Crippen LogP contribution is 2.37. The second-order valence-corrected chi connectivity index (χ2v) is 4.95. The molecule has 1 atom stereocenters. The lowest BCUT2D eigenvalue weighted by atomic mass is 10.1. The van der Waals surface area contributed by atoms with Gasteiger partial charge >= 0.3 is 0 Å². The van der Waals surface area contributed by atoms with Crippen molar-refractivity contribution >= 4 is 27.5 Å². The second-order valence-electron chi connectivity index (χ2n) is 4.10. The van der Waals surface area contributed by atoms with Crippen LogP contribution in [0.3, 0.4) is 0 Å². The molecule has 0 aromatic heterocycles. The van der Waals surface area contributed by atoms with Gasteiger partial charge in [0.25, 0.3) is 0 Å². The van der Waals surface area contributed by atoms with Crippen molar-refractivity contribution in [3.05, 3.63) is 28.7 Å². The van der Waals surface area contributed by atoms with Crippen LogP contribution in [-0.4, -0.2) is 5.91 Å². The molecular formula is C12H14BrNO. The molecule has 1 aromatic rings. The van der Waals surface area contributed by atoms with Gasteiger partial charge in [0.05, 0.1) is 5.69 Å². The van der Waals surface area contributed by atoms with Crippen LogP contribution in [-0.2, 0) is 4.79 Å². The Bertz CT molecular complexity index is 374. The summed E-state index contributed by atoms with van der Waals surface area (Å²) in [5.74, 6) is 0.869. The summed E-state index contributed by atoms with van der Waals surface area (Å²) < 4.78 is 0.932. The van der Waals surface area contributed by atoms with Gasteiger partial charge < -0.3 is 5.32 Å². The van der Waals surface area contributed by atoms with E-state index in [1.54, 1.807) is 0 Å². The molecule has 1 N–H and O–H groups in total. The molecule has 1 amide bonds. The topological polar surface area (TPSA) is 29.1 Å². The summed E-state index contributed by atoms with van der Waals surface area (Å²) in [6, 6.07) is 7.69. The van der Waals surface area contributed by atoms with E-state index in [0.717, 1.165) is 10.2 Å². The Morgan fingerprint density at radius 3 is 2.73 bits per heavy atom. The molecule has 1 aromatic carbocycles. The monoisotopic (exact) mass is 267 g/mol. The molecule has 0 radical (unpaired) electrons. The third kappa shape index (κ3) is 2.59. The standard InChI is InChI=1S/C12H14BrNO/c1-8(9-6-7-9)12(15)14-11-5-3-2-4-10(11)13/h2-5,8-9H,6-7H2,1H3,(H,14,15). The van der Waals surface area contributed by atoms with E-state index in [1.807, 2.05) is 31.2 Å². The number of para-hydroxylation sites is 1. The van der Waals surface area contributed by atoms with E-state index < -0.39 is 0 Å². The van der Waals surface area contributed by atoms with E-state index in [-0.39, 0.29) is 11.8 Å². The van der Waals surface area contributed by atoms with E-state index >= 15 is 0 Å². The predicted molar refractivity (Wildman–Crippen MR) is 64.7 cm³/mol. The number of hydrogen-bond acceptors (Lipinski definition) is 1. The van der Waals surface area contributed by atoms with E-state index in [9.17, 15) is 4.79 Å². The minimum atomic E-state index is 0.129. The second kappa shape index (κ2) is 4.35. The van der Waals surface area contributed by atoms with Gasteiger partial charge in [-0.1, -0.05) is 19.1 Å². The van der Waals surface area contributed by atoms with Gasteiger partial charge in [-0.2, -0.15) is 0 Å². The molecule has 80 valence electrons. The van der Waals surface area contributed by atoms with E-state index in [2.05, 4.69) is 21.2 Å². The summed E-state index contributed by atoms with van der Waals surface area (Å²) in [7, 11) is 0. The summed E-state index contributed by atoms with van der Waals surface area (Å²) in [5.41, 5.74) is 0.856. The van der Waals surface area contributed by atoms with Crippen molar-refractivity contribution < 1.29 is 4.79 Å². The maximum Gasteiger partial charge on any atom is 0.227 e. The van der Waals surface area contributed by atoms with Crippen LogP contribution in [0, 0.1) is 11.8 Å². The van der Waals surface area contributed by atoms with Gasteiger partial charge in [-0.05, 0) is 46.8 Å². The fraction of sp³-hybridized carbons (Fsp3) is 0.417. The Hall–Kier alpha value is -0.830. The average molecular weight is 268 g/mol. The predicted octanol–water partition coefficient (Wildman–Crippen LogP) is 3.43. The van der Waals surface area contributed by atoms with Gasteiger partial charge in [-0.25, -0.2) is 0 Å². The molecule has 1 saturated carbocycles. The number of nitrogens with one attached hydrogen (secondary N) is 1. The van der Waals surface area contributed by atoms with Crippen molar-refractivity contribution in [2.24, 2.45) is 11.8 Å². The number of anilines is 1. The molecule has 0 spiro atoms. The van der Waals surface area contributed by atoms with Gasteiger partial charge in [0.15, 0.2) is 0 Å². The highest BCUT2D eigenvalue weighted by atomic mass is 79.9. The lowest BCUT2D eigenvalue weighted by Gasteiger charge is -2.11. The van der Waals surface area contributed by atoms with E-state index in [4.69, 9.17) is 0 Å². The Labute approximate surface area is 98.2 Å². The van der Waals surface area contributed by atoms with E-state index in [1.165, 1.54) is 12.8 Å². The van der Waals surface area contributed by atoms with Gasteiger partial charge in [-0.15, -0.1) is 0 Å². The smallest absolute Gasteiger partial charge is 0.227 e. The fourth-order valence-corrected chi connectivity index (χ4v) is 2.00. The molecular weight excluding hydrogens is 254 g/mol. The molecule has 15 heavy (non-hydrogen) atoms. The highest BCUT2D eigenvalue weighted by molar-refractivity contribution is 9.10. The van der Waals surface area contributed by atoms with Gasteiger partial charge in [0.1, 0.15) is 0 Å². The van der Waals surface area contributed by atoms with Crippen LogP contribution in [0.25, 0.3) is 0 Å². The number of carbonyl (C=O) groups is 1. The lowest BCUT2D eigenvalue weighted by Crippen LogP contribution is -2.21. The minimum absolute atomic E-state index is 0.129. The third-order valence-electron chi connectivity index (χ3n) is 2.87. The van der Waals surface area contributed by atoms with Crippen LogP contribution in [0.4, 0.5) is 5.69 Å². The molecule has 2 rings (SSSR count). The zero-order valence-electron chi connectivity index (χ0n) is 8.66. The molecule has 3 heteroatoms. The largest absolute Gasteiger partial charge is 0.325 e. The Morgan fingerprint density at radius 2 is 2.13 bits per heavy atom. The number of rotatable bonds is 3. The number of carbonyl (C=O) groups excluding carboxylic acids is 1. The molecule has 0 heterocycles. The maximum atomic E-state index is 11.8.